The summed E-state index contributed by atoms with van der Waals surface area (Å²) >= 11 is 0. The number of carbonyl (C=O) groups excluding carboxylic acids is 1. The molecule has 2 aromatic carbocycles. The molecule has 116 valence electrons. The minimum Gasteiger partial charge on any atom is -0.465 e. The van der Waals surface area contributed by atoms with Crippen molar-refractivity contribution in [3.05, 3.63) is 71.4 Å². The molecular formula is C19H19N2O2+. The van der Waals surface area contributed by atoms with Crippen molar-refractivity contribution in [3.63, 3.8) is 0 Å². The number of benzene rings is 2. The standard InChI is InChI=1S/C19H18N2O2/c1-23-19(22)16-11-14-13-9-5-6-10-15(13)20-18(14)17(21-16)12-7-3-2-4-8-12/h2-10,16-17,20-21H,11H2,1H3/p+1. The summed E-state index contributed by atoms with van der Waals surface area (Å²) in [4.78, 5) is 15.7. The largest absolute Gasteiger partial charge is 0.465 e. The highest BCUT2D eigenvalue weighted by molar-refractivity contribution is 5.86. The van der Waals surface area contributed by atoms with Crippen LogP contribution in [0.15, 0.2) is 54.6 Å². The van der Waals surface area contributed by atoms with Gasteiger partial charge in [0.2, 0.25) is 0 Å². The Morgan fingerprint density at radius 1 is 1.13 bits per heavy atom. The molecule has 0 saturated heterocycles. The molecule has 0 aliphatic carbocycles. The quantitative estimate of drug-likeness (QED) is 0.711. The molecule has 0 amide bonds. The van der Waals surface area contributed by atoms with Crippen LogP contribution in [0.25, 0.3) is 10.9 Å². The second-order valence-corrected chi connectivity index (χ2v) is 5.98. The van der Waals surface area contributed by atoms with Gasteiger partial charge in [0.15, 0.2) is 12.1 Å². The summed E-state index contributed by atoms with van der Waals surface area (Å²) in [5, 5.41) is 3.31. The average Bonchev–Trinajstić information content (AvgIpc) is 2.99. The number of H-pyrrole nitrogens is 1. The second kappa shape index (κ2) is 5.56. The van der Waals surface area contributed by atoms with Gasteiger partial charge in [0.1, 0.15) is 0 Å². The lowest BCUT2D eigenvalue weighted by atomic mass is 9.90. The molecule has 23 heavy (non-hydrogen) atoms. The predicted octanol–water partition coefficient (Wildman–Crippen LogP) is 1.92. The van der Waals surface area contributed by atoms with E-state index in [0.29, 0.717) is 6.42 Å². The van der Waals surface area contributed by atoms with Crippen molar-refractivity contribution in [2.75, 3.05) is 7.11 Å². The van der Waals surface area contributed by atoms with E-state index in [2.05, 4.69) is 34.6 Å². The van der Waals surface area contributed by atoms with Crippen molar-refractivity contribution in [2.24, 2.45) is 0 Å². The number of para-hydroxylation sites is 1. The summed E-state index contributed by atoms with van der Waals surface area (Å²) in [6.45, 7) is 0. The molecule has 2 unspecified atom stereocenters. The van der Waals surface area contributed by atoms with Crippen molar-refractivity contribution in [1.82, 2.24) is 4.98 Å². The van der Waals surface area contributed by atoms with Gasteiger partial charge >= 0.3 is 5.97 Å². The van der Waals surface area contributed by atoms with Crippen molar-refractivity contribution in [1.29, 1.82) is 0 Å². The third-order valence-electron chi connectivity index (χ3n) is 4.67. The number of aromatic nitrogens is 1. The number of rotatable bonds is 2. The van der Waals surface area contributed by atoms with Crippen LogP contribution >= 0.6 is 0 Å². The zero-order valence-corrected chi connectivity index (χ0v) is 13.0. The molecule has 1 aliphatic rings. The van der Waals surface area contributed by atoms with E-state index in [1.165, 1.54) is 29.3 Å². The highest BCUT2D eigenvalue weighted by Crippen LogP contribution is 2.31. The van der Waals surface area contributed by atoms with E-state index in [0.717, 1.165) is 5.52 Å². The van der Waals surface area contributed by atoms with Gasteiger partial charge in [0.25, 0.3) is 0 Å². The molecule has 0 fully saturated rings. The lowest BCUT2D eigenvalue weighted by molar-refractivity contribution is -0.712. The third-order valence-corrected chi connectivity index (χ3v) is 4.67. The van der Waals surface area contributed by atoms with Crippen LogP contribution in [0, 0.1) is 0 Å². The highest BCUT2D eigenvalue weighted by Gasteiger charge is 2.38. The number of fused-ring (bicyclic) bond motifs is 3. The van der Waals surface area contributed by atoms with Crippen molar-refractivity contribution in [2.45, 2.75) is 18.5 Å². The Labute approximate surface area is 134 Å². The van der Waals surface area contributed by atoms with Gasteiger partial charge in [-0.05, 0) is 11.6 Å². The summed E-state index contributed by atoms with van der Waals surface area (Å²) in [5.74, 6) is -0.165. The number of hydrogen-bond donors (Lipinski definition) is 2. The Morgan fingerprint density at radius 3 is 2.65 bits per heavy atom. The minimum absolute atomic E-state index is 0.0800. The van der Waals surface area contributed by atoms with E-state index in [1.807, 2.05) is 30.3 Å². The number of methoxy groups -OCH3 is 1. The van der Waals surface area contributed by atoms with E-state index >= 15 is 0 Å². The highest BCUT2D eigenvalue weighted by atomic mass is 16.5. The number of nitrogens with one attached hydrogen (secondary N) is 1. The van der Waals surface area contributed by atoms with Gasteiger partial charge in [0.05, 0.1) is 12.8 Å². The zero-order chi connectivity index (χ0) is 15.8. The van der Waals surface area contributed by atoms with E-state index in [1.54, 1.807) is 0 Å². The number of ether oxygens (including phenoxy) is 1. The van der Waals surface area contributed by atoms with Crippen LogP contribution in [-0.2, 0) is 16.0 Å². The molecule has 0 bridgehead atoms. The summed E-state index contributed by atoms with van der Waals surface area (Å²) in [6, 6.07) is 18.4. The molecule has 2 atom stereocenters. The molecule has 0 radical (unpaired) electrons. The van der Waals surface area contributed by atoms with Crippen LogP contribution in [0.2, 0.25) is 0 Å². The summed E-state index contributed by atoms with van der Waals surface area (Å²) < 4.78 is 5.00. The van der Waals surface area contributed by atoms with E-state index < -0.39 is 0 Å². The molecule has 0 spiro atoms. The molecule has 4 nitrogen and oxygen atoms in total. The number of nitrogens with two attached hydrogens (primary N) is 1. The van der Waals surface area contributed by atoms with Crippen molar-refractivity contribution < 1.29 is 14.8 Å². The Hall–Kier alpha value is -2.59. The molecule has 3 aromatic rings. The van der Waals surface area contributed by atoms with Crippen molar-refractivity contribution >= 4 is 16.9 Å². The zero-order valence-electron chi connectivity index (χ0n) is 13.0. The lowest BCUT2D eigenvalue weighted by Crippen LogP contribution is -2.94. The summed E-state index contributed by atoms with van der Waals surface area (Å²) in [7, 11) is 1.46. The maximum Gasteiger partial charge on any atom is 0.364 e. The number of esters is 1. The van der Waals surface area contributed by atoms with Gasteiger partial charge in [-0.3, -0.25) is 0 Å². The molecule has 4 rings (SSSR count). The molecule has 1 aliphatic heterocycles. The maximum absolute atomic E-state index is 12.1. The number of quaternary nitrogens is 1. The molecular weight excluding hydrogens is 288 g/mol. The predicted molar refractivity (Wildman–Crippen MR) is 88.0 cm³/mol. The minimum atomic E-state index is -0.211. The number of carbonyl (C=O) groups is 1. The molecule has 2 heterocycles. The second-order valence-electron chi connectivity index (χ2n) is 5.98. The monoisotopic (exact) mass is 307 g/mol. The first-order chi connectivity index (χ1) is 11.3. The average molecular weight is 307 g/mol. The Bertz CT molecular complexity index is 854. The van der Waals surface area contributed by atoms with Crippen LogP contribution in [0.3, 0.4) is 0 Å². The first-order valence-electron chi connectivity index (χ1n) is 7.85. The fourth-order valence-electron chi connectivity index (χ4n) is 3.57. The first kappa shape index (κ1) is 14.0. The van der Waals surface area contributed by atoms with Crippen LogP contribution in [0.5, 0.6) is 0 Å². The summed E-state index contributed by atoms with van der Waals surface area (Å²) in [5.41, 5.74) is 4.73. The maximum atomic E-state index is 12.1. The van der Waals surface area contributed by atoms with E-state index in [4.69, 9.17) is 4.74 Å². The Kier molecular flexibility index (Phi) is 3.39. The SMILES string of the molecule is COC(=O)C1Cc2c([nH]c3ccccc23)C(c2ccccc2)[NH2+]1. The van der Waals surface area contributed by atoms with Crippen LogP contribution in [-0.4, -0.2) is 24.1 Å². The fraction of sp³-hybridized carbons (Fsp3) is 0.211. The van der Waals surface area contributed by atoms with Crippen LogP contribution in [0.4, 0.5) is 0 Å². The molecule has 3 N–H and O–H groups in total. The van der Waals surface area contributed by atoms with Gasteiger partial charge in [-0.1, -0.05) is 48.5 Å². The normalized spacial score (nSPS) is 20.2. The van der Waals surface area contributed by atoms with Crippen LogP contribution < -0.4 is 5.32 Å². The van der Waals surface area contributed by atoms with Gasteiger partial charge in [-0.15, -0.1) is 0 Å². The molecule has 1 aromatic heterocycles. The Balaban J connectivity index is 1.88. The van der Waals surface area contributed by atoms with Gasteiger partial charge < -0.3 is 15.0 Å². The topological polar surface area (TPSA) is 58.7 Å². The molecule has 4 heteroatoms. The van der Waals surface area contributed by atoms with Gasteiger partial charge in [-0.2, -0.15) is 0 Å². The van der Waals surface area contributed by atoms with E-state index in [9.17, 15) is 4.79 Å². The van der Waals surface area contributed by atoms with Crippen LogP contribution in [0.1, 0.15) is 22.9 Å². The Morgan fingerprint density at radius 2 is 1.87 bits per heavy atom. The summed E-state index contributed by atoms with van der Waals surface area (Å²) in [6.07, 6.45) is 0.690. The van der Waals surface area contributed by atoms with Gasteiger partial charge in [-0.25, -0.2) is 4.79 Å². The smallest absolute Gasteiger partial charge is 0.364 e. The first-order valence-corrected chi connectivity index (χ1v) is 7.85. The van der Waals surface area contributed by atoms with Gasteiger partial charge in [0, 0.05) is 22.9 Å². The molecule has 0 saturated carbocycles. The third kappa shape index (κ3) is 2.32. The number of hydrogen-bond acceptors (Lipinski definition) is 2. The fourth-order valence-corrected chi connectivity index (χ4v) is 3.57. The lowest BCUT2D eigenvalue weighted by Gasteiger charge is -2.26. The van der Waals surface area contributed by atoms with Crippen molar-refractivity contribution in [3.8, 4) is 0 Å². The van der Waals surface area contributed by atoms with E-state index in [-0.39, 0.29) is 18.1 Å². The number of aromatic amines is 1.